The van der Waals surface area contributed by atoms with Gasteiger partial charge < -0.3 is 14.7 Å². The molecule has 0 atom stereocenters. The maximum absolute atomic E-state index is 10.8. The molecular weight excluding hydrogens is 246 g/mol. The summed E-state index contributed by atoms with van der Waals surface area (Å²) >= 11 is 0. The first-order valence-electron chi connectivity index (χ1n) is 6.15. The summed E-state index contributed by atoms with van der Waals surface area (Å²) in [5.41, 5.74) is 4.25. The van der Waals surface area contributed by atoms with Crippen molar-refractivity contribution >= 4 is 17.8 Å². The number of hydrogen-bond acceptors (Lipinski definition) is 5. The summed E-state index contributed by atoms with van der Waals surface area (Å²) < 4.78 is 5.31. The number of benzene rings is 1. The minimum Gasteiger partial charge on any atom is -0.386 e. The van der Waals surface area contributed by atoms with Crippen LogP contribution in [0.4, 0.5) is 5.69 Å². The average molecular weight is 263 g/mol. The molecule has 1 fully saturated rings. The van der Waals surface area contributed by atoms with E-state index in [-0.39, 0.29) is 0 Å². The SMILES string of the molecule is O=C(CO)NN=Cc1ccc(N2CCOCC2)cc1. The molecule has 0 aliphatic carbocycles. The molecule has 19 heavy (non-hydrogen) atoms. The number of nitrogens with one attached hydrogen (secondary N) is 1. The van der Waals surface area contributed by atoms with Gasteiger partial charge in [-0.3, -0.25) is 4.79 Å². The van der Waals surface area contributed by atoms with E-state index < -0.39 is 12.5 Å². The molecule has 1 heterocycles. The lowest BCUT2D eigenvalue weighted by molar-refractivity contribution is -0.123. The summed E-state index contributed by atoms with van der Waals surface area (Å²) in [4.78, 5) is 13.0. The van der Waals surface area contributed by atoms with Crippen LogP contribution in [0, 0.1) is 0 Å². The Labute approximate surface area is 111 Å². The molecule has 1 aliphatic rings. The van der Waals surface area contributed by atoms with Crippen molar-refractivity contribution in [1.82, 2.24) is 5.43 Å². The minimum absolute atomic E-state index is 0.527. The Morgan fingerprint density at radius 2 is 2.05 bits per heavy atom. The summed E-state index contributed by atoms with van der Waals surface area (Å²) in [5.74, 6) is -0.527. The van der Waals surface area contributed by atoms with E-state index in [1.165, 1.54) is 6.21 Å². The van der Waals surface area contributed by atoms with Gasteiger partial charge in [0.1, 0.15) is 6.61 Å². The Morgan fingerprint density at radius 1 is 1.37 bits per heavy atom. The lowest BCUT2D eigenvalue weighted by Crippen LogP contribution is -2.36. The first-order chi connectivity index (χ1) is 9.29. The second kappa shape index (κ2) is 6.86. The predicted molar refractivity (Wildman–Crippen MR) is 72.3 cm³/mol. The zero-order chi connectivity index (χ0) is 13.5. The van der Waals surface area contributed by atoms with Crippen LogP contribution in [0.15, 0.2) is 29.4 Å². The van der Waals surface area contributed by atoms with E-state index in [1.807, 2.05) is 24.3 Å². The van der Waals surface area contributed by atoms with Crippen LogP contribution in [0.3, 0.4) is 0 Å². The van der Waals surface area contributed by atoms with E-state index in [9.17, 15) is 4.79 Å². The van der Waals surface area contributed by atoms with E-state index in [0.717, 1.165) is 37.6 Å². The first-order valence-corrected chi connectivity index (χ1v) is 6.15. The van der Waals surface area contributed by atoms with Crippen LogP contribution in [0.25, 0.3) is 0 Å². The van der Waals surface area contributed by atoms with Crippen LogP contribution >= 0.6 is 0 Å². The monoisotopic (exact) mass is 263 g/mol. The van der Waals surface area contributed by atoms with Gasteiger partial charge in [0.2, 0.25) is 0 Å². The van der Waals surface area contributed by atoms with Gasteiger partial charge in [-0.1, -0.05) is 12.1 Å². The van der Waals surface area contributed by atoms with E-state index in [2.05, 4.69) is 15.4 Å². The lowest BCUT2D eigenvalue weighted by atomic mass is 10.2. The lowest BCUT2D eigenvalue weighted by Gasteiger charge is -2.28. The summed E-state index contributed by atoms with van der Waals surface area (Å²) in [5, 5.41) is 12.2. The van der Waals surface area contributed by atoms with E-state index >= 15 is 0 Å². The molecule has 6 nitrogen and oxygen atoms in total. The van der Waals surface area contributed by atoms with E-state index in [1.54, 1.807) is 0 Å². The molecule has 0 bridgehead atoms. The molecule has 0 saturated carbocycles. The zero-order valence-electron chi connectivity index (χ0n) is 10.6. The fraction of sp³-hybridized carbons (Fsp3) is 0.385. The van der Waals surface area contributed by atoms with Crippen LogP contribution in [0.5, 0.6) is 0 Å². The molecular formula is C13H17N3O3. The maximum atomic E-state index is 10.8. The Hall–Kier alpha value is -1.92. The minimum atomic E-state index is -0.562. The van der Waals surface area contributed by atoms with Crippen molar-refractivity contribution < 1.29 is 14.6 Å². The van der Waals surface area contributed by atoms with Crippen molar-refractivity contribution in [3.63, 3.8) is 0 Å². The predicted octanol–water partition coefficient (Wildman–Crippen LogP) is -0.0344. The third-order valence-electron chi connectivity index (χ3n) is 2.82. The number of carbonyl (C=O) groups excluding carboxylic acids is 1. The van der Waals surface area contributed by atoms with Gasteiger partial charge in [0.05, 0.1) is 19.4 Å². The summed E-state index contributed by atoms with van der Waals surface area (Å²) in [6.07, 6.45) is 1.54. The van der Waals surface area contributed by atoms with Gasteiger partial charge in [-0.2, -0.15) is 5.10 Å². The highest BCUT2D eigenvalue weighted by atomic mass is 16.5. The second-order valence-electron chi connectivity index (χ2n) is 4.14. The van der Waals surface area contributed by atoms with Gasteiger partial charge in [-0.15, -0.1) is 0 Å². The van der Waals surface area contributed by atoms with Crippen LogP contribution in [0.2, 0.25) is 0 Å². The fourth-order valence-electron chi connectivity index (χ4n) is 1.81. The number of hydrogen-bond donors (Lipinski definition) is 2. The molecule has 1 saturated heterocycles. The average Bonchev–Trinajstić information content (AvgIpc) is 2.48. The number of ether oxygens (including phenoxy) is 1. The smallest absolute Gasteiger partial charge is 0.265 e. The number of amides is 1. The van der Waals surface area contributed by atoms with E-state index in [0.29, 0.717) is 0 Å². The molecule has 2 N–H and O–H groups in total. The third kappa shape index (κ3) is 4.04. The standard InChI is InChI=1S/C13H17N3O3/c17-10-13(18)15-14-9-11-1-3-12(4-2-11)16-5-7-19-8-6-16/h1-4,9,17H,5-8,10H2,(H,15,18). The number of nitrogens with zero attached hydrogens (tertiary/aromatic N) is 2. The fourth-order valence-corrected chi connectivity index (χ4v) is 1.81. The normalized spacial score (nSPS) is 15.7. The first kappa shape index (κ1) is 13.5. The van der Waals surface area contributed by atoms with Crippen molar-refractivity contribution in [3.05, 3.63) is 29.8 Å². The second-order valence-corrected chi connectivity index (χ2v) is 4.14. The topological polar surface area (TPSA) is 74.2 Å². The van der Waals surface area contributed by atoms with Gasteiger partial charge in [-0.25, -0.2) is 5.43 Å². The van der Waals surface area contributed by atoms with Crippen LogP contribution in [-0.2, 0) is 9.53 Å². The largest absolute Gasteiger partial charge is 0.386 e. The van der Waals surface area contributed by atoms with Gasteiger partial charge in [0, 0.05) is 18.8 Å². The Balaban J connectivity index is 1.92. The summed E-state index contributed by atoms with van der Waals surface area (Å²) in [7, 11) is 0. The number of aliphatic hydroxyl groups excluding tert-OH is 1. The quantitative estimate of drug-likeness (QED) is 0.591. The highest BCUT2D eigenvalue weighted by Gasteiger charge is 2.10. The molecule has 102 valence electrons. The van der Waals surface area contributed by atoms with Crippen LogP contribution in [0.1, 0.15) is 5.56 Å². The van der Waals surface area contributed by atoms with Crippen LogP contribution < -0.4 is 10.3 Å². The Kier molecular flexibility index (Phi) is 4.88. The molecule has 0 aromatic heterocycles. The Bertz CT molecular complexity index is 439. The van der Waals surface area contributed by atoms with Crippen LogP contribution in [-0.4, -0.2) is 50.1 Å². The number of rotatable bonds is 4. The van der Waals surface area contributed by atoms with Crippen molar-refractivity contribution in [2.45, 2.75) is 0 Å². The molecule has 6 heteroatoms. The van der Waals surface area contributed by atoms with Crippen molar-refractivity contribution in [1.29, 1.82) is 0 Å². The van der Waals surface area contributed by atoms with Crippen molar-refractivity contribution in [2.75, 3.05) is 37.8 Å². The van der Waals surface area contributed by atoms with Gasteiger partial charge in [0.25, 0.3) is 5.91 Å². The van der Waals surface area contributed by atoms with Crippen molar-refractivity contribution in [3.8, 4) is 0 Å². The number of hydrazone groups is 1. The van der Waals surface area contributed by atoms with E-state index in [4.69, 9.17) is 9.84 Å². The molecule has 1 aliphatic heterocycles. The number of aliphatic hydroxyl groups is 1. The molecule has 1 aromatic rings. The molecule has 0 unspecified atom stereocenters. The Morgan fingerprint density at radius 3 is 2.68 bits per heavy atom. The number of morpholine rings is 1. The van der Waals surface area contributed by atoms with Gasteiger partial charge >= 0.3 is 0 Å². The molecule has 0 spiro atoms. The highest BCUT2D eigenvalue weighted by molar-refractivity contribution is 5.83. The van der Waals surface area contributed by atoms with Gasteiger partial charge in [-0.05, 0) is 17.7 Å². The third-order valence-corrected chi connectivity index (χ3v) is 2.82. The maximum Gasteiger partial charge on any atom is 0.265 e. The van der Waals surface area contributed by atoms with Gasteiger partial charge in [0.15, 0.2) is 0 Å². The molecule has 1 aromatic carbocycles. The van der Waals surface area contributed by atoms with Crippen molar-refractivity contribution in [2.24, 2.45) is 5.10 Å². The molecule has 2 rings (SSSR count). The highest BCUT2D eigenvalue weighted by Crippen LogP contribution is 2.15. The number of anilines is 1. The molecule has 1 amide bonds. The summed E-state index contributed by atoms with van der Waals surface area (Å²) in [6, 6.07) is 7.89. The number of carbonyl (C=O) groups is 1. The molecule has 0 radical (unpaired) electrons. The summed E-state index contributed by atoms with van der Waals surface area (Å²) in [6.45, 7) is 2.76. The zero-order valence-corrected chi connectivity index (χ0v) is 10.6.